The van der Waals surface area contributed by atoms with Gasteiger partial charge in [-0.15, -0.1) is 10.2 Å². The molecule has 180 valence electrons. The number of hydrogen-bond acceptors (Lipinski definition) is 7. The highest BCUT2D eigenvalue weighted by Crippen LogP contribution is 2.25. The van der Waals surface area contributed by atoms with Crippen LogP contribution in [0, 0.1) is 0 Å². The predicted octanol–water partition coefficient (Wildman–Crippen LogP) is 2.95. The van der Waals surface area contributed by atoms with Crippen LogP contribution in [0.4, 0.5) is 0 Å². The molecule has 1 atom stereocenters. The Morgan fingerprint density at radius 2 is 1.51 bits per heavy atom. The number of ether oxygens (including phenoxy) is 1. The van der Waals surface area contributed by atoms with Crippen molar-refractivity contribution in [3.8, 4) is 11.4 Å². The van der Waals surface area contributed by atoms with E-state index in [2.05, 4.69) is 10.2 Å². The quantitative estimate of drug-likeness (QED) is 0.345. The standard InChI is InChI=1S/C25H24N4O5S/c26-22(15-18-7-3-1-4-8-18)24-27-28-25(35(32,33)17-23(30)31)29(24)20-11-13-21(14-12-20)34-16-19-9-5-2-6-10-19/h1-14,22H,15-17,26H2,(H,30,31)/t22-/m0/s1. The minimum absolute atomic E-state index is 0.204. The molecule has 0 unspecified atom stereocenters. The number of carboxylic acid groups (broad SMARTS) is 1. The predicted molar refractivity (Wildman–Crippen MR) is 129 cm³/mol. The average Bonchev–Trinajstić information content (AvgIpc) is 3.30. The van der Waals surface area contributed by atoms with Crippen molar-refractivity contribution in [2.75, 3.05) is 5.75 Å². The number of sulfone groups is 1. The van der Waals surface area contributed by atoms with Crippen molar-refractivity contribution in [1.29, 1.82) is 0 Å². The maximum absolute atomic E-state index is 12.8. The maximum Gasteiger partial charge on any atom is 0.319 e. The minimum Gasteiger partial charge on any atom is -0.489 e. The summed E-state index contributed by atoms with van der Waals surface area (Å²) >= 11 is 0. The number of aliphatic carboxylic acids is 1. The largest absolute Gasteiger partial charge is 0.489 e. The number of rotatable bonds is 10. The van der Waals surface area contributed by atoms with E-state index in [0.29, 0.717) is 24.5 Å². The first kappa shape index (κ1) is 24.1. The van der Waals surface area contributed by atoms with Gasteiger partial charge in [-0.2, -0.15) is 0 Å². The molecule has 1 heterocycles. The van der Waals surface area contributed by atoms with Crippen LogP contribution in [0.5, 0.6) is 5.75 Å². The maximum atomic E-state index is 12.8. The van der Waals surface area contributed by atoms with Crippen molar-refractivity contribution >= 4 is 15.8 Å². The van der Waals surface area contributed by atoms with Gasteiger partial charge in [-0.3, -0.25) is 9.36 Å². The van der Waals surface area contributed by atoms with Crippen LogP contribution in [0.15, 0.2) is 90.1 Å². The van der Waals surface area contributed by atoms with Gasteiger partial charge in [-0.05, 0) is 41.8 Å². The molecule has 0 saturated heterocycles. The van der Waals surface area contributed by atoms with Gasteiger partial charge in [0.05, 0.1) is 6.04 Å². The van der Waals surface area contributed by atoms with Crippen molar-refractivity contribution in [3.05, 3.63) is 102 Å². The Kier molecular flexibility index (Phi) is 7.23. The van der Waals surface area contributed by atoms with E-state index < -0.39 is 32.8 Å². The fourth-order valence-electron chi connectivity index (χ4n) is 3.58. The molecule has 0 amide bonds. The Hall–Kier alpha value is -4.02. The van der Waals surface area contributed by atoms with E-state index in [9.17, 15) is 13.2 Å². The number of hydrogen-bond donors (Lipinski definition) is 2. The molecule has 0 spiro atoms. The fraction of sp³-hybridized carbons (Fsp3) is 0.160. The molecule has 0 saturated carbocycles. The third-order valence-corrected chi connectivity index (χ3v) is 6.67. The summed E-state index contributed by atoms with van der Waals surface area (Å²) < 4.78 is 32.7. The van der Waals surface area contributed by atoms with Gasteiger partial charge in [0.2, 0.25) is 9.84 Å². The molecule has 0 radical (unpaired) electrons. The van der Waals surface area contributed by atoms with Crippen molar-refractivity contribution in [2.24, 2.45) is 5.73 Å². The lowest BCUT2D eigenvalue weighted by atomic mass is 10.1. The molecule has 9 nitrogen and oxygen atoms in total. The normalized spacial score (nSPS) is 12.3. The van der Waals surface area contributed by atoms with Gasteiger partial charge in [0.25, 0.3) is 5.16 Å². The molecule has 4 rings (SSSR count). The number of nitrogens with zero attached hydrogens (tertiary/aromatic N) is 3. The molecule has 0 aliphatic carbocycles. The molecule has 35 heavy (non-hydrogen) atoms. The van der Waals surface area contributed by atoms with Gasteiger partial charge in [0, 0.05) is 5.69 Å². The van der Waals surface area contributed by atoms with Crippen LogP contribution in [0.25, 0.3) is 5.69 Å². The topological polar surface area (TPSA) is 137 Å². The summed E-state index contributed by atoms with van der Waals surface area (Å²) in [5.74, 6) is -1.82. The Labute approximate surface area is 202 Å². The first-order valence-corrected chi connectivity index (χ1v) is 12.5. The second-order valence-corrected chi connectivity index (χ2v) is 9.78. The highest BCUT2D eigenvalue weighted by Gasteiger charge is 2.30. The zero-order chi connectivity index (χ0) is 24.8. The molecule has 4 aromatic rings. The van der Waals surface area contributed by atoms with Gasteiger partial charge in [0.15, 0.2) is 11.6 Å². The SMILES string of the molecule is N[C@@H](Cc1ccccc1)c1nnc(S(=O)(=O)CC(=O)O)n1-c1ccc(OCc2ccccc2)cc1. The van der Waals surface area contributed by atoms with E-state index >= 15 is 0 Å². The monoisotopic (exact) mass is 492 g/mol. The first-order chi connectivity index (χ1) is 16.8. The Bertz CT molecular complexity index is 1390. The summed E-state index contributed by atoms with van der Waals surface area (Å²) in [4.78, 5) is 11.2. The van der Waals surface area contributed by atoms with Gasteiger partial charge in [-0.25, -0.2) is 8.42 Å². The summed E-state index contributed by atoms with van der Waals surface area (Å²) in [6, 6.07) is 25.1. The molecule has 0 fully saturated rings. The lowest BCUT2D eigenvalue weighted by molar-refractivity contribution is -0.134. The highest BCUT2D eigenvalue weighted by atomic mass is 32.2. The van der Waals surface area contributed by atoms with Crippen LogP contribution in [-0.4, -0.2) is 40.0 Å². The van der Waals surface area contributed by atoms with Gasteiger partial charge in [-0.1, -0.05) is 60.7 Å². The third-order valence-electron chi connectivity index (χ3n) is 5.22. The van der Waals surface area contributed by atoms with Gasteiger partial charge >= 0.3 is 5.97 Å². The van der Waals surface area contributed by atoms with Crippen molar-refractivity contribution in [1.82, 2.24) is 14.8 Å². The number of carboxylic acids is 1. The van der Waals surface area contributed by atoms with Crippen LogP contribution in [0.3, 0.4) is 0 Å². The average molecular weight is 493 g/mol. The summed E-state index contributed by atoms with van der Waals surface area (Å²) in [6.07, 6.45) is 0.385. The summed E-state index contributed by atoms with van der Waals surface area (Å²) in [7, 11) is -4.28. The van der Waals surface area contributed by atoms with Crippen LogP contribution >= 0.6 is 0 Å². The minimum atomic E-state index is -4.28. The fourth-order valence-corrected chi connectivity index (χ4v) is 4.68. The number of nitrogens with two attached hydrogens (primary N) is 1. The molecular weight excluding hydrogens is 468 g/mol. The Morgan fingerprint density at radius 3 is 2.11 bits per heavy atom. The zero-order valence-electron chi connectivity index (χ0n) is 18.7. The number of carbonyl (C=O) groups is 1. The zero-order valence-corrected chi connectivity index (χ0v) is 19.5. The van der Waals surface area contributed by atoms with E-state index in [1.165, 1.54) is 4.57 Å². The smallest absolute Gasteiger partial charge is 0.319 e. The highest BCUT2D eigenvalue weighted by molar-refractivity contribution is 7.91. The summed E-state index contributed by atoms with van der Waals surface area (Å²) in [5.41, 5.74) is 8.77. The van der Waals surface area contributed by atoms with Crippen molar-refractivity contribution < 1.29 is 23.1 Å². The Morgan fingerprint density at radius 1 is 0.914 bits per heavy atom. The molecule has 3 aromatic carbocycles. The Balaban J connectivity index is 1.66. The van der Waals surface area contributed by atoms with E-state index in [4.69, 9.17) is 15.6 Å². The third kappa shape index (κ3) is 5.92. The molecule has 0 bridgehead atoms. The van der Waals surface area contributed by atoms with Gasteiger partial charge in [0.1, 0.15) is 12.4 Å². The van der Waals surface area contributed by atoms with E-state index in [-0.39, 0.29) is 5.82 Å². The molecule has 0 aliphatic rings. The van der Waals surface area contributed by atoms with Gasteiger partial charge < -0.3 is 15.6 Å². The van der Waals surface area contributed by atoms with E-state index in [1.54, 1.807) is 24.3 Å². The van der Waals surface area contributed by atoms with Crippen molar-refractivity contribution in [3.63, 3.8) is 0 Å². The van der Waals surface area contributed by atoms with E-state index in [1.807, 2.05) is 60.7 Å². The molecule has 3 N–H and O–H groups in total. The molecule has 10 heteroatoms. The molecular formula is C25H24N4O5S. The molecule has 0 aliphatic heterocycles. The molecule has 1 aromatic heterocycles. The number of aromatic nitrogens is 3. The van der Waals surface area contributed by atoms with Crippen LogP contribution in [0.1, 0.15) is 23.0 Å². The second kappa shape index (κ2) is 10.5. The summed E-state index contributed by atoms with van der Waals surface area (Å²) in [6.45, 7) is 0.373. The first-order valence-electron chi connectivity index (χ1n) is 10.8. The second-order valence-electron chi connectivity index (χ2n) is 7.89. The van der Waals surface area contributed by atoms with Crippen LogP contribution < -0.4 is 10.5 Å². The van der Waals surface area contributed by atoms with E-state index in [0.717, 1.165) is 11.1 Å². The number of benzene rings is 3. The van der Waals surface area contributed by atoms with Crippen LogP contribution in [-0.2, 0) is 27.7 Å². The van der Waals surface area contributed by atoms with Crippen molar-refractivity contribution in [2.45, 2.75) is 24.2 Å². The lowest BCUT2D eigenvalue weighted by Gasteiger charge is -2.15. The lowest BCUT2D eigenvalue weighted by Crippen LogP contribution is -2.22. The van der Waals surface area contributed by atoms with Crippen LogP contribution in [0.2, 0.25) is 0 Å². The summed E-state index contributed by atoms with van der Waals surface area (Å²) in [5, 5.41) is 16.5.